The van der Waals surface area contributed by atoms with Crippen LogP contribution in [0.15, 0.2) is 54.7 Å². The predicted molar refractivity (Wildman–Crippen MR) is 135 cm³/mol. The third-order valence-electron chi connectivity index (χ3n) is 6.18. The fraction of sp³-hybridized carbons (Fsp3) is 0.185. The number of rotatable bonds is 5. The van der Waals surface area contributed by atoms with E-state index >= 15 is 0 Å². The molecular formula is C27H24ClN3O3. The molecule has 0 aliphatic rings. The van der Waals surface area contributed by atoms with Crippen LogP contribution >= 0.6 is 11.6 Å². The quantitative estimate of drug-likeness (QED) is 0.280. The number of aryl methyl sites for hydroxylation is 2. The number of halogens is 1. The van der Waals surface area contributed by atoms with E-state index in [1.807, 2.05) is 12.1 Å². The summed E-state index contributed by atoms with van der Waals surface area (Å²) in [6.45, 7) is 6.13. The van der Waals surface area contributed by atoms with E-state index in [4.69, 9.17) is 16.3 Å². The first-order valence-electron chi connectivity index (χ1n) is 11.0. The molecule has 2 heterocycles. The van der Waals surface area contributed by atoms with Gasteiger partial charge < -0.3 is 19.4 Å². The van der Waals surface area contributed by atoms with Crippen molar-refractivity contribution >= 4 is 39.5 Å². The highest BCUT2D eigenvalue weighted by Crippen LogP contribution is 2.39. The van der Waals surface area contributed by atoms with Gasteiger partial charge in [0, 0.05) is 24.2 Å². The number of imidazole rings is 1. The van der Waals surface area contributed by atoms with Crippen LogP contribution < -0.4 is 4.74 Å². The number of nitrogens with zero attached hydrogens (tertiary/aromatic N) is 2. The van der Waals surface area contributed by atoms with E-state index in [0.717, 1.165) is 22.0 Å². The topological polar surface area (TPSA) is 80.1 Å². The van der Waals surface area contributed by atoms with Gasteiger partial charge in [0.2, 0.25) is 0 Å². The number of carboxylic acid groups (broad SMARTS) is 1. The Bertz CT molecular complexity index is 1580. The van der Waals surface area contributed by atoms with Gasteiger partial charge in [-0.05, 0) is 59.9 Å². The molecule has 172 valence electrons. The number of aromatic carboxylic acids is 1. The number of aromatic amines is 1. The van der Waals surface area contributed by atoms with Crippen LogP contribution in [0, 0.1) is 6.92 Å². The molecule has 0 radical (unpaired) electrons. The summed E-state index contributed by atoms with van der Waals surface area (Å²) in [6, 6.07) is 15.4. The van der Waals surface area contributed by atoms with Crippen molar-refractivity contribution in [2.45, 2.75) is 26.7 Å². The summed E-state index contributed by atoms with van der Waals surface area (Å²) in [5.74, 6) is -0.207. The minimum Gasteiger partial charge on any atom is -0.478 e. The highest BCUT2D eigenvalue weighted by atomic mass is 35.5. The number of ether oxygens (including phenoxy) is 1. The van der Waals surface area contributed by atoms with Gasteiger partial charge in [0.1, 0.15) is 5.75 Å². The maximum atomic E-state index is 11.4. The number of hydrogen-bond acceptors (Lipinski definition) is 3. The molecule has 0 aliphatic carbocycles. The van der Waals surface area contributed by atoms with E-state index in [-0.39, 0.29) is 11.6 Å². The zero-order valence-corrected chi connectivity index (χ0v) is 20.1. The van der Waals surface area contributed by atoms with Crippen molar-refractivity contribution in [3.63, 3.8) is 0 Å². The van der Waals surface area contributed by atoms with Crippen LogP contribution in [0.2, 0.25) is 5.02 Å². The molecular weight excluding hydrogens is 450 g/mol. The summed E-state index contributed by atoms with van der Waals surface area (Å²) >= 11 is 6.73. The van der Waals surface area contributed by atoms with Crippen molar-refractivity contribution in [2.75, 3.05) is 0 Å². The first-order valence-corrected chi connectivity index (χ1v) is 11.4. The molecule has 0 amide bonds. The number of carboxylic acids is 1. The Morgan fingerprint density at radius 3 is 2.65 bits per heavy atom. The molecule has 3 aromatic carbocycles. The maximum absolute atomic E-state index is 11.4. The number of aromatic nitrogens is 3. The normalized spacial score (nSPS) is 11.6. The maximum Gasteiger partial charge on any atom is 0.336 e. The average Bonchev–Trinajstić information content (AvgIpc) is 3.36. The van der Waals surface area contributed by atoms with Gasteiger partial charge in [-0.15, -0.1) is 0 Å². The SMILES string of the molecule is Cc1ccc(Oc2nc3cc(-c4ccc(C(C)C)c5c4ccn5C)c(Cl)cc3[nH]2)cc1C(=O)O. The monoisotopic (exact) mass is 473 g/mol. The molecule has 0 spiro atoms. The van der Waals surface area contributed by atoms with Gasteiger partial charge in [-0.25, -0.2) is 4.79 Å². The number of H-pyrrole nitrogens is 1. The standard InChI is InChI=1S/C27H24ClN3O3/c1-14(2)17-7-8-18(19-9-10-31(4)25(17)19)21-12-23-24(13-22(21)28)30-27(29-23)34-16-6-5-15(3)20(11-16)26(32)33/h5-14H,1-4H3,(H,29,30)(H,32,33). The van der Waals surface area contributed by atoms with Crippen LogP contribution in [-0.4, -0.2) is 25.6 Å². The second kappa shape index (κ2) is 8.22. The molecule has 0 saturated heterocycles. The third kappa shape index (κ3) is 3.70. The first kappa shape index (κ1) is 22.0. The fourth-order valence-corrected chi connectivity index (χ4v) is 4.68. The highest BCUT2D eigenvalue weighted by Gasteiger charge is 2.17. The highest BCUT2D eigenvalue weighted by molar-refractivity contribution is 6.34. The van der Waals surface area contributed by atoms with E-state index in [1.165, 1.54) is 17.1 Å². The molecule has 0 saturated carbocycles. The van der Waals surface area contributed by atoms with Crippen LogP contribution in [-0.2, 0) is 7.05 Å². The van der Waals surface area contributed by atoms with E-state index in [0.29, 0.717) is 27.8 Å². The second-order valence-electron chi connectivity index (χ2n) is 8.82. The number of carbonyl (C=O) groups is 1. The summed E-state index contributed by atoms with van der Waals surface area (Å²) in [4.78, 5) is 19.1. The Hall–Kier alpha value is -3.77. The summed E-state index contributed by atoms with van der Waals surface area (Å²) < 4.78 is 7.98. The van der Waals surface area contributed by atoms with E-state index in [2.05, 4.69) is 59.8 Å². The van der Waals surface area contributed by atoms with E-state index < -0.39 is 5.97 Å². The van der Waals surface area contributed by atoms with Crippen molar-refractivity contribution < 1.29 is 14.6 Å². The van der Waals surface area contributed by atoms with Gasteiger partial charge >= 0.3 is 5.97 Å². The molecule has 6 nitrogen and oxygen atoms in total. The molecule has 2 N–H and O–H groups in total. The third-order valence-corrected chi connectivity index (χ3v) is 6.49. The lowest BCUT2D eigenvalue weighted by molar-refractivity contribution is 0.0695. The molecule has 5 rings (SSSR count). The van der Waals surface area contributed by atoms with Crippen molar-refractivity contribution in [2.24, 2.45) is 7.05 Å². The Labute approximate surface area is 201 Å². The van der Waals surface area contributed by atoms with Gasteiger partial charge in [0.05, 0.1) is 27.1 Å². The van der Waals surface area contributed by atoms with Crippen molar-refractivity contribution in [3.05, 3.63) is 76.4 Å². The van der Waals surface area contributed by atoms with E-state index in [1.54, 1.807) is 19.1 Å². The number of nitrogens with one attached hydrogen (secondary N) is 1. The van der Waals surface area contributed by atoms with Gasteiger partial charge in [0.15, 0.2) is 0 Å². The van der Waals surface area contributed by atoms with Crippen molar-refractivity contribution in [3.8, 4) is 22.9 Å². The summed E-state index contributed by atoms with van der Waals surface area (Å²) in [6.07, 6.45) is 2.07. The predicted octanol–water partition coefficient (Wildman–Crippen LogP) is 7.30. The number of benzene rings is 3. The zero-order valence-electron chi connectivity index (χ0n) is 19.3. The lowest BCUT2D eigenvalue weighted by atomic mass is 9.94. The fourth-order valence-electron chi connectivity index (χ4n) is 4.42. The van der Waals surface area contributed by atoms with Crippen LogP contribution in [0.1, 0.15) is 41.3 Å². The molecule has 0 unspecified atom stereocenters. The summed E-state index contributed by atoms with van der Waals surface area (Å²) in [7, 11) is 2.06. The smallest absolute Gasteiger partial charge is 0.336 e. The molecule has 7 heteroatoms. The van der Waals surface area contributed by atoms with Crippen LogP contribution in [0.3, 0.4) is 0 Å². The average molecular weight is 474 g/mol. The first-order chi connectivity index (χ1) is 16.2. The minimum absolute atomic E-state index is 0.190. The summed E-state index contributed by atoms with van der Waals surface area (Å²) in [5, 5.41) is 11.1. The molecule has 5 aromatic rings. The Kier molecular flexibility index (Phi) is 5.33. The molecule has 0 atom stereocenters. The number of fused-ring (bicyclic) bond motifs is 2. The van der Waals surface area contributed by atoms with Crippen molar-refractivity contribution in [1.82, 2.24) is 14.5 Å². The number of hydrogen-bond donors (Lipinski definition) is 2. The zero-order chi connectivity index (χ0) is 24.1. The second-order valence-corrected chi connectivity index (χ2v) is 9.23. The van der Waals surface area contributed by atoms with Crippen LogP contribution in [0.5, 0.6) is 11.8 Å². The minimum atomic E-state index is -1.00. The molecule has 2 aromatic heterocycles. The molecule has 34 heavy (non-hydrogen) atoms. The van der Waals surface area contributed by atoms with E-state index in [9.17, 15) is 9.90 Å². The molecule has 0 bridgehead atoms. The van der Waals surface area contributed by atoms with Crippen LogP contribution in [0.4, 0.5) is 0 Å². The Balaban J connectivity index is 1.57. The van der Waals surface area contributed by atoms with Crippen molar-refractivity contribution in [1.29, 1.82) is 0 Å². The van der Waals surface area contributed by atoms with Gasteiger partial charge in [-0.2, -0.15) is 4.98 Å². The lowest BCUT2D eigenvalue weighted by Crippen LogP contribution is -2.00. The lowest BCUT2D eigenvalue weighted by Gasteiger charge is -2.13. The van der Waals surface area contributed by atoms with Gasteiger partial charge in [-0.1, -0.05) is 43.6 Å². The Morgan fingerprint density at radius 2 is 1.91 bits per heavy atom. The largest absolute Gasteiger partial charge is 0.478 e. The Morgan fingerprint density at radius 1 is 1.12 bits per heavy atom. The van der Waals surface area contributed by atoms with Crippen LogP contribution in [0.25, 0.3) is 33.1 Å². The van der Waals surface area contributed by atoms with Gasteiger partial charge in [0.25, 0.3) is 6.01 Å². The molecule has 0 fully saturated rings. The summed E-state index contributed by atoms with van der Waals surface area (Å²) in [5.41, 5.74) is 6.71. The van der Waals surface area contributed by atoms with Gasteiger partial charge in [-0.3, -0.25) is 0 Å². The molecule has 0 aliphatic heterocycles.